The first-order valence-corrected chi connectivity index (χ1v) is 17.6. The number of unbranched alkanes of at least 4 members (excludes halogenated alkanes) is 1. The van der Waals surface area contributed by atoms with Gasteiger partial charge in [0.15, 0.2) is 0 Å². The normalized spacial score (nSPS) is 15.2. The van der Waals surface area contributed by atoms with Crippen LogP contribution in [-0.4, -0.2) is 84.6 Å². The van der Waals surface area contributed by atoms with Gasteiger partial charge in [-0.3, -0.25) is 19.2 Å². The van der Waals surface area contributed by atoms with Gasteiger partial charge in [-0.1, -0.05) is 53.9 Å². The Morgan fingerprint density at radius 3 is 2.24 bits per heavy atom. The molecule has 0 saturated heterocycles. The molecule has 0 spiro atoms. The van der Waals surface area contributed by atoms with Crippen LogP contribution in [0.2, 0.25) is 0 Å². The maximum Gasteiger partial charge on any atom is 0.307 e. The van der Waals surface area contributed by atoms with Gasteiger partial charge in [-0.2, -0.15) is 12.6 Å². The zero-order valence-corrected chi connectivity index (χ0v) is 31.3. The molecule has 11 heteroatoms. The van der Waals surface area contributed by atoms with Crippen molar-refractivity contribution in [2.75, 3.05) is 26.7 Å². The first-order chi connectivity index (χ1) is 21.4. The number of thiol groups is 1. The maximum absolute atomic E-state index is 12.5. The highest BCUT2D eigenvalue weighted by atomic mass is 32.1. The number of rotatable bonds is 25. The Hall–Kier alpha value is -2.14. The van der Waals surface area contributed by atoms with Crippen LogP contribution in [0.1, 0.15) is 127 Å². The lowest BCUT2D eigenvalue weighted by molar-refractivity contribution is -0.149. The summed E-state index contributed by atoms with van der Waals surface area (Å²) in [5, 5.41) is 5.32. The standard InChI is InChI=1S/C35H65N3O7S/c1-11-13-14-25(3)32(37-27(5)40)28(12-2)23-26(4)45-31(42)16-20-36-30(41)15-18-34(6,7)19-22-44-35(8,9)24-38(10)33(43)29(46)17-21-39/h21,25-26,28-29,32,46H,11-20,22-24H2,1-10H3,(H,36,41)(H,37,40). The van der Waals surface area contributed by atoms with Crippen molar-refractivity contribution >= 4 is 42.6 Å². The van der Waals surface area contributed by atoms with E-state index >= 15 is 0 Å². The van der Waals surface area contributed by atoms with Gasteiger partial charge in [0.25, 0.3) is 0 Å². The molecule has 0 aromatic carbocycles. The molecule has 0 heterocycles. The number of carbonyl (C=O) groups excluding carboxylic acids is 5. The van der Waals surface area contributed by atoms with Crippen LogP contribution in [0.5, 0.6) is 0 Å². The first kappa shape index (κ1) is 43.9. The number of likely N-dealkylation sites (N-methyl/N-ethyl adjacent to an activating group) is 1. The summed E-state index contributed by atoms with van der Waals surface area (Å²) < 4.78 is 11.8. The minimum Gasteiger partial charge on any atom is -0.463 e. The van der Waals surface area contributed by atoms with Crippen molar-refractivity contribution in [3.05, 3.63) is 0 Å². The van der Waals surface area contributed by atoms with Crippen LogP contribution >= 0.6 is 12.6 Å². The van der Waals surface area contributed by atoms with Crippen molar-refractivity contribution in [1.29, 1.82) is 0 Å². The van der Waals surface area contributed by atoms with Gasteiger partial charge in [0.05, 0.1) is 23.4 Å². The summed E-state index contributed by atoms with van der Waals surface area (Å²) >= 11 is 4.20. The van der Waals surface area contributed by atoms with Gasteiger partial charge >= 0.3 is 5.97 Å². The van der Waals surface area contributed by atoms with E-state index in [4.69, 9.17) is 9.47 Å². The molecule has 0 aromatic rings. The Kier molecular flexibility index (Phi) is 21.4. The summed E-state index contributed by atoms with van der Waals surface area (Å²) in [6.45, 7) is 18.9. The number of aldehydes is 1. The molecule has 46 heavy (non-hydrogen) atoms. The fourth-order valence-corrected chi connectivity index (χ4v) is 5.99. The van der Waals surface area contributed by atoms with Gasteiger partial charge in [-0.15, -0.1) is 0 Å². The van der Waals surface area contributed by atoms with E-state index in [0.717, 1.165) is 32.1 Å². The molecular formula is C35H65N3O7S. The van der Waals surface area contributed by atoms with E-state index in [0.29, 0.717) is 44.6 Å². The number of hydrogen-bond acceptors (Lipinski definition) is 8. The molecule has 0 aromatic heterocycles. The molecule has 268 valence electrons. The molecule has 0 aliphatic rings. The minimum atomic E-state index is -0.657. The van der Waals surface area contributed by atoms with Crippen LogP contribution in [0.15, 0.2) is 0 Å². The van der Waals surface area contributed by atoms with Crippen LogP contribution in [0, 0.1) is 17.3 Å². The molecule has 0 fully saturated rings. The van der Waals surface area contributed by atoms with Crippen molar-refractivity contribution in [3.63, 3.8) is 0 Å². The van der Waals surface area contributed by atoms with Crippen molar-refractivity contribution < 1.29 is 33.4 Å². The van der Waals surface area contributed by atoms with Crippen molar-refractivity contribution in [2.45, 2.75) is 150 Å². The van der Waals surface area contributed by atoms with E-state index in [-0.39, 0.29) is 66.6 Å². The summed E-state index contributed by atoms with van der Waals surface area (Å²) in [6, 6.07) is 0.0373. The quantitative estimate of drug-likeness (QED) is 0.0663. The smallest absolute Gasteiger partial charge is 0.307 e. The summed E-state index contributed by atoms with van der Waals surface area (Å²) in [5.74, 6) is -0.185. The fourth-order valence-electron chi connectivity index (χ4n) is 5.70. The first-order valence-electron chi connectivity index (χ1n) is 17.1. The van der Waals surface area contributed by atoms with E-state index in [1.54, 1.807) is 14.0 Å². The fraction of sp³-hybridized carbons (Fsp3) is 0.857. The molecule has 3 amide bonds. The molecular weight excluding hydrogens is 606 g/mol. The SMILES string of the molecule is CCCCC(C)C(NC(C)=O)C(CC)CC(C)OC(=O)CCNC(=O)CCC(C)(C)CCOC(C)(C)CN(C)C(=O)C(S)CC=O. The monoisotopic (exact) mass is 671 g/mol. The molecule has 5 unspecified atom stereocenters. The predicted octanol–water partition coefficient (Wildman–Crippen LogP) is 5.51. The Labute approximate surface area is 284 Å². The van der Waals surface area contributed by atoms with Crippen LogP contribution in [-0.2, 0) is 33.4 Å². The third-order valence-corrected chi connectivity index (χ3v) is 8.98. The molecule has 5 atom stereocenters. The van der Waals surface area contributed by atoms with Crippen LogP contribution in [0.3, 0.4) is 0 Å². The summed E-state index contributed by atoms with van der Waals surface area (Å²) in [5.41, 5.74) is -0.737. The average molecular weight is 672 g/mol. The summed E-state index contributed by atoms with van der Waals surface area (Å²) in [7, 11) is 1.67. The predicted molar refractivity (Wildman–Crippen MR) is 187 cm³/mol. The molecule has 2 N–H and O–H groups in total. The lowest BCUT2D eigenvalue weighted by Gasteiger charge is -2.33. The number of amides is 3. The molecule has 0 rings (SSSR count). The second-order valence-corrected chi connectivity index (χ2v) is 14.9. The van der Waals surface area contributed by atoms with Gasteiger partial charge in [-0.25, -0.2) is 0 Å². The maximum atomic E-state index is 12.5. The third kappa shape index (κ3) is 19.5. The molecule has 0 aliphatic carbocycles. The summed E-state index contributed by atoms with van der Waals surface area (Å²) in [6.07, 6.45) is 7.07. The van der Waals surface area contributed by atoms with E-state index in [1.165, 1.54) is 4.90 Å². The number of nitrogens with zero attached hydrogens (tertiary/aromatic N) is 1. The van der Waals surface area contributed by atoms with Crippen LogP contribution < -0.4 is 10.6 Å². The van der Waals surface area contributed by atoms with Crippen molar-refractivity contribution in [3.8, 4) is 0 Å². The summed E-state index contributed by atoms with van der Waals surface area (Å²) in [4.78, 5) is 61.5. The van der Waals surface area contributed by atoms with Crippen molar-refractivity contribution in [1.82, 2.24) is 15.5 Å². The number of esters is 1. The molecule has 0 saturated carbocycles. The Balaban J connectivity index is 4.57. The number of nitrogens with one attached hydrogen (secondary N) is 2. The molecule has 10 nitrogen and oxygen atoms in total. The molecule has 0 radical (unpaired) electrons. The highest BCUT2D eigenvalue weighted by molar-refractivity contribution is 7.81. The van der Waals surface area contributed by atoms with Gasteiger partial charge in [0.2, 0.25) is 17.7 Å². The van der Waals surface area contributed by atoms with Crippen molar-refractivity contribution in [2.24, 2.45) is 17.3 Å². The highest BCUT2D eigenvalue weighted by Crippen LogP contribution is 2.28. The van der Waals surface area contributed by atoms with Crippen LogP contribution in [0.25, 0.3) is 0 Å². The third-order valence-electron chi connectivity index (χ3n) is 8.55. The lowest BCUT2D eigenvalue weighted by Crippen LogP contribution is -2.44. The average Bonchev–Trinajstić information content (AvgIpc) is 2.95. The molecule has 0 aliphatic heterocycles. The van der Waals surface area contributed by atoms with Gasteiger partial charge in [-0.05, 0) is 63.7 Å². The Morgan fingerprint density at radius 2 is 1.67 bits per heavy atom. The molecule has 0 bridgehead atoms. The van der Waals surface area contributed by atoms with Gasteiger partial charge < -0.3 is 29.8 Å². The zero-order valence-electron chi connectivity index (χ0n) is 30.4. The van der Waals surface area contributed by atoms with E-state index in [9.17, 15) is 24.0 Å². The Morgan fingerprint density at radius 1 is 1.02 bits per heavy atom. The largest absolute Gasteiger partial charge is 0.463 e. The zero-order chi connectivity index (χ0) is 35.5. The Bertz CT molecular complexity index is 943. The second-order valence-electron chi connectivity index (χ2n) is 14.3. The van der Waals surface area contributed by atoms with E-state index in [2.05, 4.69) is 57.9 Å². The number of carbonyl (C=O) groups is 5. The minimum absolute atomic E-state index is 0.0373. The van der Waals surface area contributed by atoms with E-state index < -0.39 is 10.9 Å². The second kappa shape index (κ2) is 22.4. The number of ether oxygens (including phenoxy) is 2. The van der Waals surface area contributed by atoms with Crippen LogP contribution in [0.4, 0.5) is 0 Å². The number of hydrogen-bond donors (Lipinski definition) is 3. The topological polar surface area (TPSA) is 131 Å². The van der Waals surface area contributed by atoms with Gasteiger partial charge in [0, 0.05) is 52.6 Å². The lowest BCUT2D eigenvalue weighted by atomic mass is 9.81. The highest BCUT2D eigenvalue weighted by Gasteiger charge is 2.29. The van der Waals surface area contributed by atoms with E-state index in [1.807, 2.05) is 20.8 Å². The van der Waals surface area contributed by atoms with Gasteiger partial charge in [0.1, 0.15) is 6.29 Å².